The number of nitrogens with zero attached hydrogens (tertiary/aromatic N) is 2. The number of carbonyl (C=O) groups is 1. The monoisotopic (exact) mass is 249 g/mol. The Morgan fingerprint density at radius 3 is 2.65 bits per heavy atom. The fraction of sp³-hybridized carbons (Fsp3) is 0.182. The summed E-state index contributed by atoms with van der Waals surface area (Å²) in [6, 6.07) is 6.53. The van der Waals surface area contributed by atoms with Crippen molar-refractivity contribution in [2.75, 3.05) is 0 Å². The average molecular weight is 249 g/mol. The van der Waals surface area contributed by atoms with E-state index in [1.165, 1.54) is 0 Å². The molecule has 0 spiro atoms. The van der Waals surface area contributed by atoms with Crippen LogP contribution in [0.15, 0.2) is 24.3 Å². The van der Waals surface area contributed by atoms with E-state index in [0.29, 0.717) is 4.77 Å². The number of aromatic nitrogens is 3. The number of carboxylic acids is 1. The number of H-pyrrole nitrogens is 1. The molecular formula is C11H11N3O2S. The highest BCUT2D eigenvalue weighted by Crippen LogP contribution is 2.13. The Morgan fingerprint density at radius 2 is 2.12 bits per heavy atom. The summed E-state index contributed by atoms with van der Waals surface area (Å²) in [5, 5.41) is 15.6. The molecule has 6 heteroatoms. The lowest BCUT2D eigenvalue weighted by molar-refractivity contribution is 0.0697. The first-order chi connectivity index (χ1) is 8.13. The van der Waals surface area contributed by atoms with Gasteiger partial charge in [0.2, 0.25) is 0 Å². The van der Waals surface area contributed by atoms with Crippen LogP contribution in [-0.4, -0.2) is 25.8 Å². The van der Waals surface area contributed by atoms with Crippen LogP contribution in [0.4, 0.5) is 0 Å². The number of aromatic amines is 1. The molecule has 0 aliphatic heterocycles. The molecule has 0 saturated carbocycles. The lowest BCUT2D eigenvalue weighted by Crippen LogP contribution is -2.01. The van der Waals surface area contributed by atoms with Crippen LogP contribution in [0.25, 0.3) is 5.69 Å². The second-order valence-corrected chi connectivity index (χ2v) is 3.87. The predicted molar refractivity (Wildman–Crippen MR) is 65.1 cm³/mol. The summed E-state index contributed by atoms with van der Waals surface area (Å²) in [6.45, 7) is 1.98. The van der Waals surface area contributed by atoms with Crippen LogP contribution in [-0.2, 0) is 6.42 Å². The number of rotatable bonds is 3. The first-order valence-electron chi connectivity index (χ1n) is 5.13. The molecule has 1 heterocycles. The SMILES string of the molecule is CCc1n[nH]c(=S)n1-c1ccc(C(=O)O)cc1. The fourth-order valence-electron chi connectivity index (χ4n) is 1.59. The molecule has 0 fully saturated rings. The summed E-state index contributed by atoms with van der Waals surface area (Å²) < 4.78 is 2.30. The van der Waals surface area contributed by atoms with E-state index in [1.54, 1.807) is 28.8 Å². The van der Waals surface area contributed by atoms with Gasteiger partial charge in [0, 0.05) is 12.1 Å². The molecule has 0 radical (unpaired) electrons. The maximum Gasteiger partial charge on any atom is 0.335 e. The van der Waals surface area contributed by atoms with Gasteiger partial charge < -0.3 is 5.11 Å². The van der Waals surface area contributed by atoms with Gasteiger partial charge in [0.1, 0.15) is 5.82 Å². The van der Waals surface area contributed by atoms with E-state index in [0.717, 1.165) is 17.9 Å². The second kappa shape index (κ2) is 4.50. The molecule has 2 N–H and O–H groups in total. The summed E-state index contributed by atoms with van der Waals surface area (Å²) >= 11 is 5.13. The maximum atomic E-state index is 10.7. The third kappa shape index (κ3) is 2.12. The number of benzene rings is 1. The Balaban J connectivity index is 2.50. The van der Waals surface area contributed by atoms with Crippen molar-refractivity contribution in [3.05, 3.63) is 40.4 Å². The van der Waals surface area contributed by atoms with E-state index in [9.17, 15) is 4.79 Å². The van der Waals surface area contributed by atoms with Crippen LogP contribution in [0.2, 0.25) is 0 Å². The van der Waals surface area contributed by atoms with Gasteiger partial charge in [0.25, 0.3) is 0 Å². The Hall–Kier alpha value is -1.95. The maximum absolute atomic E-state index is 10.7. The summed E-state index contributed by atoms with van der Waals surface area (Å²) in [5.41, 5.74) is 1.06. The van der Waals surface area contributed by atoms with Crippen molar-refractivity contribution in [3.63, 3.8) is 0 Å². The largest absolute Gasteiger partial charge is 0.478 e. The van der Waals surface area contributed by atoms with E-state index in [4.69, 9.17) is 17.3 Å². The Labute approximate surface area is 103 Å². The van der Waals surface area contributed by atoms with Gasteiger partial charge in [-0.25, -0.2) is 4.79 Å². The second-order valence-electron chi connectivity index (χ2n) is 3.49. The zero-order valence-electron chi connectivity index (χ0n) is 9.17. The van der Waals surface area contributed by atoms with Gasteiger partial charge in [-0.2, -0.15) is 5.10 Å². The third-order valence-electron chi connectivity index (χ3n) is 2.43. The molecule has 0 aliphatic carbocycles. The molecule has 17 heavy (non-hydrogen) atoms. The quantitative estimate of drug-likeness (QED) is 0.818. The highest BCUT2D eigenvalue weighted by atomic mass is 32.1. The van der Waals surface area contributed by atoms with Crippen LogP contribution in [0.1, 0.15) is 23.1 Å². The van der Waals surface area contributed by atoms with Crippen LogP contribution in [0.5, 0.6) is 0 Å². The minimum atomic E-state index is -0.942. The molecule has 2 aromatic rings. The average Bonchev–Trinajstić information content (AvgIpc) is 2.70. The van der Waals surface area contributed by atoms with Gasteiger partial charge in [-0.15, -0.1) is 0 Å². The summed E-state index contributed by atoms with van der Waals surface area (Å²) in [7, 11) is 0. The van der Waals surface area contributed by atoms with Crippen molar-refractivity contribution < 1.29 is 9.90 Å². The number of carboxylic acid groups (broad SMARTS) is 1. The minimum absolute atomic E-state index is 0.252. The number of hydrogen-bond donors (Lipinski definition) is 2. The number of aromatic carboxylic acids is 1. The topological polar surface area (TPSA) is 70.9 Å². The summed E-state index contributed by atoms with van der Waals surface area (Å²) in [6.07, 6.45) is 0.744. The first-order valence-corrected chi connectivity index (χ1v) is 5.54. The fourth-order valence-corrected chi connectivity index (χ4v) is 1.84. The van der Waals surface area contributed by atoms with Crippen molar-refractivity contribution in [1.82, 2.24) is 14.8 Å². The zero-order valence-corrected chi connectivity index (χ0v) is 9.99. The Kier molecular flexibility index (Phi) is 3.06. The van der Waals surface area contributed by atoms with E-state index >= 15 is 0 Å². The molecule has 0 saturated heterocycles. The van der Waals surface area contributed by atoms with Gasteiger partial charge in [-0.3, -0.25) is 9.67 Å². The van der Waals surface area contributed by atoms with Crippen molar-refractivity contribution in [1.29, 1.82) is 0 Å². The third-order valence-corrected chi connectivity index (χ3v) is 2.70. The van der Waals surface area contributed by atoms with E-state index in [2.05, 4.69) is 10.2 Å². The molecule has 1 aromatic heterocycles. The first kappa shape index (κ1) is 11.5. The normalized spacial score (nSPS) is 10.4. The van der Waals surface area contributed by atoms with Crippen molar-refractivity contribution in [2.45, 2.75) is 13.3 Å². The zero-order chi connectivity index (χ0) is 12.4. The number of nitrogens with one attached hydrogen (secondary N) is 1. The van der Waals surface area contributed by atoms with E-state index in [1.807, 2.05) is 6.92 Å². The molecule has 0 bridgehead atoms. The summed E-state index contributed by atoms with van der Waals surface area (Å²) in [5.74, 6) is -0.124. The van der Waals surface area contributed by atoms with Crippen molar-refractivity contribution in [3.8, 4) is 5.69 Å². The standard InChI is InChI=1S/C11H11N3O2S/c1-2-9-12-13-11(17)14(9)8-5-3-7(4-6-8)10(15)16/h3-6H,2H2,1H3,(H,13,17)(H,15,16). The van der Waals surface area contributed by atoms with Gasteiger partial charge in [0.15, 0.2) is 4.77 Å². The molecular weight excluding hydrogens is 238 g/mol. The Morgan fingerprint density at radius 1 is 1.47 bits per heavy atom. The molecule has 1 aromatic carbocycles. The van der Waals surface area contributed by atoms with Gasteiger partial charge in [0.05, 0.1) is 5.56 Å². The van der Waals surface area contributed by atoms with Gasteiger partial charge in [-0.05, 0) is 36.5 Å². The molecule has 5 nitrogen and oxygen atoms in total. The molecule has 0 amide bonds. The van der Waals surface area contributed by atoms with Crippen LogP contribution < -0.4 is 0 Å². The Bertz CT molecular complexity index is 598. The number of aryl methyl sites for hydroxylation is 1. The van der Waals surface area contributed by atoms with Gasteiger partial charge in [-0.1, -0.05) is 6.92 Å². The molecule has 0 atom stereocenters. The predicted octanol–water partition coefficient (Wildman–Crippen LogP) is 2.19. The lowest BCUT2D eigenvalue weighted by atomic mass is 10.2. The van der Waals surface area contributed by atoms with Gasteiger partial charge >= 0.3 is 5.97 Å². The molecule has 0 aliphatic rings. The highest BCUT2D eigenvalue weighted by Gasteiger charge is 2.07. The van der Waals surface area contributed by atoms with Crippen LogP contribution in [0, 0.1) is 4.77 Å². The molecule has 88 valence electrons. The molecule has 0 unspecified atom stereocenters. The molecule has 2 rings (SSSR count). The van der Waals surface area contributed by atoms with Crippen LogP contribution in [0.3, 0.4) is 0 Å². The van der Waals surface area contributed by atoms with E-state index < -0.39 is 5.97 Å². The highest BCUT2D eigenvalue weighted by molar-refractivity contribution is 7.71. The lowest BCUT2D eigenvalue weighted by Gasteiger charge is -2.05. The smallest absolute Gasteiger partial charge is 0.335 e. The number of hydrogen-bond acceptors (Lipinski definition) is 3. The van der Waals surface area contributed by atoms with Crippen molar-refractivity contribution >= 4 is 18.2 Å². The van der Waals surface area contributed by atoms with Crippen LogP contribution >= 0.6 is 12.2 Å². The van der Waals surface area contributed by atoms with Crippen molar-refractivity contribution in [2.24, 2.45) is 0 Å². The van der Waals surface area contributed by atoms with E-state index in [-0.39, 0.29) is 5.56 Å². The minimum Gasteiger partial charge on any atom is -0.478 e. The summed E-state index contributed by atoms with van der Waals surface area (Å²) in [4.78, 5) is 10.7.